The number of hydrogen-bond acceptors (Lipinski definition) is 2. The molecule has 0 aromatic carbocycles. The van der Waals surface area contributed by atoms with Crippen LogP contribution in [0.4, 0.5) is 0 Å². The average molecular weight is 792 g/mol. The van der Waals surface area contributed by atoms with Gasteiger partial charge in [-0.1, -0.05) is 186 Å². The molecule has 11 unspecified atom stereocenters. The Labute approximate surface area is 327 Å². The molecule has 0 saturated carbocycles. The van der Waals surface area contributed by atoms with Gasteiger partial charge in [-0.25, -0.2) is 0 Å². The number of nitrogens with zero attached hydrogens (tertiary/aromatic N) is 6. The molecular formula is C40H68Cu2N6O2-4. The molecule has 0 aromatic rings. The second-order valence-corrected chi connectivity index (χ2v) is 16.9. The summed E-state index contributed by atoms with van der Waals surface area (Å²) in [7, 11) is 0. The van der Waals surface area contributed by atoms with Crippen LogP contribution in [0.2, 0.25) is 0 Å². The normalized spacial score (nSPS) is 40.2. The molecule has 5 saturated heterocycles. The minimum atomic E-state index is -0.115. The van der Waals surface area contributed by atoms with E-state index in [4.69, 9.17) is 42.4 Å². The average Bonchev–Trinajstić information content (AvgIpc) is 3.11. The zero-order chi connectivity index (χ0) is 34.3. The topological polar surface area (TPSA) is 125 Å². The molecule has 8 nitrogen and oxygen atoms in total. The Hall–Kier alpha value is 0.0390. The summed E-state index contributed by atoms with van der Waals surface area (Å²) in [5.41, 5.74) is 1.20. The Balaban J connectivity index is 0.00000166. The van der Waals surface area contributed by atoms with E-state index in [0.29, 0.717) is 60.4 Å². The van der Waals surface area contributed by atoms with Crippen LogP contribution in [0.25, 0.3) is 31.9 Å². The third kappa shape index (κ3) is 10.4. The smallest absolute Gasteiger partial charge is 0.682 e. The first-order valence-electron chi connectivity index (χ1n) is 20.0. The van der Waals surface area contributed by atoms with E-state index < -0.39 is 0 Å². The Bertz CT molecular complexity index is 1020. The molecule has 11 atom stereocenters. The Morgan fingerprint density at radius 1 is 0.560 bits per heavy atom. The zero-order valence-electron chi connectivity index (χ0n) is 31.8. The van der Waals surface area contributed by atoms with Gasteiger partial charge in [0.2, 0.25) is 0 Å². The van der Waals surface area contributed by atoms with Crippen molar-refractivity contribution in [2.24, 2.45) is 10.8 Å². The molecule has 0 bridgehead atoms. The van der Waals surface area contributed by atoms with Gasteiger partial charge in [0.15, 0.2) is 0 Å². The third-order valence-corrected chi connectivity index (χ3v) is 13.3. The fourth-order valence-corrected chi connectivity index (χ4v) is 10.4. The van der Waals surface area contributed by atoms with Gasteiger partial charge in [0.25, 0.3) is 0 Å². The summed E-state index contributed by atoms with van der Waals surface area (Å²) in [6, 6.07) is 4.25. The van der Waals surface area contributed by atoms with Crippen molar-refractivity contribution in [2.45, 2.75) is 217 Å². The van der Waals surface area contributed by atoms with E-state index >= 15 is 0 Å². The summed E-state index contributed by atoms with van der Waals surface area (Å²) in [5, 5.41) is 44.9. The van der Waals surface area contributed by atoms with E-state index in [-0.39, 0.29) is 51.0 Å². The molecule has 0 amide bonds. The first-order valence-corrected chi connectivity index (χ1v) is 20.0. The van der Waals surface area contributed by atoms with Crippen molar-refractivity contribution in [3.63, 3.8) is 0 Å². The van der Waals surface area contributed by atoms with E-state index in [2.05, 4.69) is 59.8 Å². The molecule has 0 aromatic heterocycles. The van der Waals surface area contributed by atoms with Crippen molar-refractivity contribution in [1.29, 1.82) is 0 Å². The zero-order valence-corrected chi connectivity index (χ0v) is 33.7. The first kappa shape index (κ1) is 44.4. The van der Waals surface area contributed by atoms with Crippen LogP contribution in [0.15, 0.2) is 23.9 Å². The maximum atomic E-state index is 6.00. The minimum absolute atomic E-state index is 0. The molecule has 10 heteroatoms. The van der Waals surface area contributed by atoms with E-state index in [1.165, 1.54) is 102 Å². The van der Waals surface area contributed by atoms with Crippen LogP contribution in [-0.2, 0) is 34.1 Å². The van der Waals surface area contributed by atoms with E-state index in [1.807, 2.05) is 0 Å². The maximum Gasteiger partial charge on any atom is 1.00 e. The molecule has 0 spiro atoms. The van der Waals surface area contributed by atoms with Crippen LogP contribution in [0.5, 0.6) is 0 Å². The summed E-state index contributed by atoms with van der Waals surface area (Å²) < 4.78 is 0. The number of piperidine rings is 5. The largest absolute Gasteiger partial charge is 1.00 e. The van der Waals surface area contributed by atoms with Gasteiger partial charge in [-0.2, -0.15) is 5.70 Å². The third-order valence-electron chi connectivity index (χ3n) is 13.3. The Kier molecular flexibility index (Phi) is 18.3. The van der Waals surface area contributed by atoms with Crippen LogP contribution in [-0.4, -0.2) is 77.0 Å². The Morgan fingerprint density at radius 3 is 1.42 bits per heavy atom. The summed E-state index contributed by atoms with van der Waals surface area (Å²) >= 11 is 0. The van der Waals surface area contributed by atoms with Crippen molar-refractivity contribution >= 4 is 0 Å². The maximum absolute atomic E-state index is 6.00. The van der Waals surface area contributed by atoms with Crippen molar-refractivity contribution in [1.82, 2.24) is 0 Å². The molecule has 5 fully saturated rings. The minimum Gasteiger partial charge on any atom is -0.682 e. The summed E-state index contributed by atoms with van der Waals surface area (Å²) in [4.78, 5) is 0. The molecule has 6 aliphatic rings. The number of allylic oxidation sites excluding steroid dienone is 2. The van der Waals surface area contributed by atoms with Gasteiger partial charge < -0.3 is 31.9 Å². The number of rotatable bonds is 9. The standard InChI is InChI=1S/C40H66N6.2Cu.H2O2/c1-27-13-7-19-33(41-27)39(5,34-20-8-14-28(2)42-34)37-23-11-17-31(45-37)25-26-32-18-12-24-38(46-32)40(6,35-21-9-15-29(3)43-35)36-22-10-16-30(4)44-36;;;1-2/h11,17,23,27-36,38H,7-10,12-16,18-22,24-26H2,1-6H3;;;1-2H/q-6;2*+1;. The van der Waals surface area contributed by atoms with Crippen LogP contribution >= 0.6 is 0 Å². The fraction of sp³-hybridized carbons (Fsp3) is 0.900. The van der Waals surface area contributed by atoms with Crippen LogP contribution in [0, 0.1) is 10.8 Å². The second kappa shape index (κ2) is 20.6. The van der Waals surface area contributed by atoms with Crippen LogP contribution in [0.1, 0.15) is 151 Å². The summed E-state index contributed by atoms with van der Waals surface area (Å²) in [6.45, 7) is 14.3. The van der Waals surface area contributed by atoms with E-state index in [0.717, 1.165) is 12.8 Å². The molecule has 0 radical (unpaired) electrons. The molecule has 296 valence electrons. The summed E-state index contributed by atoms with van der Waals surface area (Å²) in [6.07, 6.45) is 27.7. The van der Waals surface area contributed by atoms with Gasteiger partial charge in [-0.05, 0) is 0 Å². The van der Waals surface area contributed by atoms with Gasteiger partial charge in [0, 0.05) is 0 Å². The van der Waals surface area contributed by atoms with Gasteiger partial charge >= 0.3 is 34.1 Å². The fourth-order valence-electron chi connectivity index (χ4n) is 10.4. The first-order chi connectivity index (χ1) is 23.2. The monoisotopic (exact) mass is 790 g/mol. The van der Waals surface area contributed by atoms with Crippen molar-refractivity contribution < 1.29 is 44.7 Å². The van der Waals surface area contributed by atoms with Crippen LogP contribution in [0.3, 0.4) is 0 Å². The molecule has 6 heterocycles. The Morgan fingerprint density at radius 2 is 0.960 bits per heavy atom. The molecule has 6 rings (SSSR count). The predicted octanol–water partition coefficient (Wildman–Crippen LogP) is 11.5. The van der Waals surface area contributed by atoms with Gasteiger partial charge in [-0.3, -0.25) is 10.5 Å². The number of hydrogen-bond donors (Lipinski definition) is 2. The molecule has 6 aliphatic heterocycles. The van der Waals surface area contributed by atoms with Crippen LogP contribution < -0.4 is 0 Å². The van der Waals surface area contributed by atoms with Gasteiger partial charge in [-0.15, -0.1) is 60.4 Å². The van der Waals surface area contributed by atoms with Gasteiger partial charge in [0.05, 0.1) is 0 Å². The molecule has 50 heavy (non-hydrogen) atoms. The molecular weight excluding hydrogens is 724 g/mol. The van der Waals surface area contributed by atoms with Crippen molar-refractivity contribution in [2.75, 3.05) is 0 Å². The van der Waals surface area contributed by atoms with Crippen molar-refractivity contribution in [3.05, 3.63) is 55.8 Å². The predicted molar refractivity (Wildman–Crippen MR) is 202 cm³/mol. The molecule has 0 aliphatic carbocycles. The SMILES string of the molecule is CC1CCCC(C(C)(C2=CC=CC(CCC3CCCC(C(C)(C4CCCC(C)[N-]4)C4CCCC(C)[N-]4)[N-]3)[N-]2)C2CCCC(C)[N-]2)[N-]1.OO.[Cu+].[Cu+]. The van der Waals surface area contributed by atoms with Gasteiger partial charge in [0.1, 0.15) is 0 Å². The van der Waals surface area contributed by atoms with E-state index in [1.54, 1.807) is 0 Å². The second-order valence-electron chi connectivity index (χ2n) is 16.9. The quantitative estimate of drug-likeness (QED) is 0.137. The van der Waals surface area contributed by atoms with E-state index in [9.17, 15) is 0 Å². The van der Waals surface area contributed by atoms with Crippen molar-refractivity contribution in [3.8, 4) is 0 Å². The summed E-state index contributed by atoms with van der Waals surface area (Å²) in [5.74, 6) is 0. The molecule has 2 N–H and O–H groups in total.